The summed E-state index contributed by atoms with van der Waals surface area (Å²) in [4.78, 5) is 34.9. The number of hydrogen-bond donors (Lipinski definition) is 1. The summed E-state index contributed by atoms with van der Waals surface area (Å²) in [6.45, 7) is 12.1. The number of aromatic nitrogens is 1. The first-order chi connectivity index (χ1) is 13.3. The van der Waals surface area contributed by atoms with E-state index in [-0.39, 0.29) is 28.6 Å². The van der Waals surface area contributed by atoms with Gasteiger partial charge in [-0.05, 0) is 24.3 Å². The fraction of sp³-hybridized carbons (Fsp3) is 0.682. The van der Waals surface area contributed by atoms with Crippen LogP contribution < -0.4 is 14.8 Å². The van der Waals surface area contributed by atoms with E-state index in [2.05, 4.69) is 42.8 Å². The number of likely N-dealkylation sites (tertiary alicyclic amines) is 1. The molecule has 6 heteroatoms. The summed E-state index contributed by atoms with van der Waals surface area (Å²) in [6.07, 6.45) is 4.56. The second kappa shape index (κ2) is 7.14. The van der Waals surface area contributed by atoms with Crippen LogP contribution in [0.25, 0.3) is 0 Å². The molecule has 2 bridgehead atoms. The molecule has 4 rings (SSSR count). The summed E-state index contributed by atoms with van der Waals surface area (Å²) in [6, 6.07) is 6.18. The zero-order chi connectivity index (χ0) is 19.9. The van der Waals surface area contributed by atoms with Crippen LogP contribution in [0.15, 0.2) is 24.4 Å². The van der Waals surface area contributed by atoms with Gasteiger partial charge in [-0.15, -0.1) is 0 Å². The van der Waals surface area contributed by atoms with Crippen molar-refractivity contribution in [1.82, 2.24) is 4.90 Å². The molecule has 152 valence electrons. The fourth-order valence-corrected chi connectivity index (χ4v) is 5.49. The van der Waals surface area contributed by atoms with E-state index in [0.717, 1.165) is 52.0 Å². The summed E-state index contributed by atoms with van der Waals surface area (Å²) in [5, 5.41) is 0. The Morgan fingerprint density at radius 1 is 1.18 bits per heavy atom. The summed E-state index contributed by atoms with van der Waals surface area (Å²) in [7, 11) is 0. The van der Waals surface area contributed by atoms with Crippen molar-refractivity contribution in [3.8, 4) is 0 Å². The van der Waals surface area contributed by atoms with Gasteiger partial charge in [0, 0.05) is 24.9 Å². The SMILES string of the molecule is CC1(C)[C@H]2CC[C@]1(C)C(=O)N(CCC[NH+]1CCN(c3cccc[nH+]3)CC1)C2=O. The number of piperidine rings is 1. The zero-order valence-electron chi connectivity index (χ0n) is 17.5. The van der Waals surface area contributed by atoms with Gasteiger partial charge in [0.15, 0.2) is 0 Å². The molecule has 3 fully saturated rings. The van der Waals surface area contributed by atoms with Crippen molar-refractivity contribution < 1.29 is 19.5 Å². The third-order valence-electron chi connectivity index (χ3n) is 7.92. The standard InChI is InChI=1S/C22H32N4O2/c1-21(2)17-8-9-22(21,3)20(28)26(19(17)27)12-6-11-24-13-15-25(16-14-24)18-7-4-5-10-23-18/h4-5,7,10,17H,6,8-9,11-16H2,1-3H3/p+2/t17-,22+/m0/s1. The van der Waals surface area contributed by atoms with Crippen LogP contribution >= 0.6 is 0 Å². The van der Waals surface area contributed by atoms with Gasteiger partial charge in [0.2, 0.25) is 11.8 Å². The topological polar surface area (TPSA) is 59.2 Å². The highest BCUT2D eigenvalue weighted by Gasteiger charge is 2.64. The van der Waals surface area contributed by atoms with E-state index in [9.17, 15) is 9.59 Å². The second-order valence-electron chi connectivity index (χ2n) is 9.53. The lowest BCUT2D eigenvalue weighted by Crippen LogP contribution is -3.15. The molecule has 6 nitrogen and oxygen atoms in total. The number of imide groups is 1. The van der Waals surface area contributed by atoms with Crippen molar-refractivity contribution in [1.29, 1.82) is 0 Å². The monoisotopic (exact) mass is 386 g/mol. The number of aromatic amines is 1. The van der Waals surface area contributed by atoms with Gasteiger partial charge >= 0.3 is 0 Å². The Morgan fingerprint density at radius 3 is 2.61 bits per heavy atom. The van der Waals surface area contributed by atoms with Crippen LogP contribution in [0.2, 0.25) is 0 Å². The molecule has 2 saturated heterocycles. The second-order valence-corrected chi connectivity index (χ2v) is 9.53. The number of quaternary nitrogens is 1. The Kier molecular flexibility index (Phi) is 4.94. The molecule has 2 N–H and O–H groups in total. The van der Waals surface area contributed by atoms with Gasteiger partial charge in [-0.1, -0.05) is 26.8 Å². The van der Waals surface area contributed by atoms with Gasteiger partial charge in [0.05, 0.1) is 18.2 Å². The Bertz CT molecular complexity index is 742. The number of hydrogen-bond acceptors (Lipinski definition) is 3. The molecule has 3 heterocycles. The summed E-state index contributed by atoms with van der Waals surface area (Å²) >= 11 is 0. The van der Waals surface area contributed by atoms with Crippen LogP contribution in [0.1, 0.15) is 40.0 Å². The van der Waals surface area contributed by atoms with E-state index < -0.39 is 0 Å². The molecule has 2 aliphatic heterocycles. The number of amides is 2. The molecule has 2 amide bonds. The number of nitrogens with zero attached hydrogens (tertiary/aromatic N) is 2. The number of H-pyrrole nitrogens is 1. The van der Waals surface area contributed by atoms with Crippen LogP contribution in [0, 0.1) is 16.7 Å². The zero-order valence-corrected chi connectivity index (χ0v) is 17.5. The maximum Gasteiger partial charge on any atom is 0.274 e. The molecule has 1 aliphatic carbocycles. The predicted molar refractivity (Wildman–Crippen MR) is 107 cm³/mol. The van der Waals surface area contributed by atoms with Crippen molar-refractivity contribution >= 4 is 17.6 Å². The minimum absolute atomic E-state index is 0.00761. The van der Waals surface area contributed by atoms with E-state index in [4.69, 9.17) is 0 Å². The van der Waals surface area contributed by atoms with Crippen LogP contribution in [0.4, 0.5) is 5.82 Å². The molecule has 0 spiro atoms. The van der Waals surface area contributed by atoms with Crippen LogP contribution in [-0.2, 0) is 9.59 Å². The number of nitrogens with one attached hydrogen (secondary N) is 2. The Labute approximate surface area is 167 Å². The Morgan fingerprint density at radius 2 is 1.93 bits per heavy atom. The number of piperazine rings is 1. The van der Waals surface area contributed by atoms with E-state index in [0.29, 0.717) is 6.54 Å². The first-order valence-corrected chi connectivity index (χ1v) is 10.8. The van der Waals surface area contributed by atoms with E-state index in [1.807, 2.05) is 12.3 Å². The smallest absolute Gasteiger partial charge is 0.274 e. The number of rotatable bonds is 5. The highest BCUT2D eigenvalue weighted by Crippen LogP contribution is 2.59. The molecule has 1 aromatic rings. The first-order valence-electron chi connectivity index (χ1n) is 10.8. The lowest BCUT2D eigenvalue weighted by Gasteiger charge is -2.47. The Hall–Kier alpha value is -1.95. The fourth-order valence-electron chi connectivity index (χ4n) is 5.49. The number of carbonyl (C=O) groups is 2. The van der Waals surface area contributed by atoms with Gasteiger partial charge in [-0.25, -0.2) is 4.98 Å². The first kappa shape index (κ1) is 19.4. The molecule has 0 unspecified atom stereocenters. The minimum atomic E-state index is -0.379. The molecule has 0 aromatic carbocycles. The molecule has 3 aliphatic rings. The predicted octanol–water partition coefficient (Wildman–Crippen LogP) is 0.407. The number of anilines is 1. The average molecular weight is 387 g/mol. The lowest BCUT2D eigenvalue weighted by atomic mass is 9.62. The van der Waals surface area contributed by atoms with E-state index in [1.54, 1.807) is 9.80 Å². The van der Waals surface area contributed by atoms with Crippen molar-refractivity contribution in [3.05, 3.63) is 24.4 Å². The van der Waals surface area contributed by atoms with Crippen LogP contribution in [0.3, 0.4) is 0 Å². The number of pyridine rings is 1. The van der Waals surface area contributed by atoms with Crippen molar-refractivity contribution in [2.24, 2.45) is 16.7 Å². The maximum absolute atomic E-state index is 13.1. The molecular formula is C22H34N4O2+2. The molecule has 1 saturated carbocycles. The van der Waals surface area contributed by atoms with Gasteiger partial charge in [-0.3, -0.25) is 19.4 Å². The maximum atomic E-state index is 13.1. The Balaban J connectivity index is 1.28. The largest absolute Gasteiger partial charge is 0.328 e. The quantitative estimate of drug-likeness (QED) is 0.746. The van der Waals surface area contributed by atoms with Crippen molar-refractivity contribution in [2.75, 3.05) is 44.2 Å². The number of carbonyl (C=O) groups excluding carboxylic acids is 2. The van der Waals surface area contributed by atoms with Crippen molar-refractivity contribution in [3.63, 3.8) is 0 Å². The van der Waals surface area contributed by atoms with Gasteiger partial charge < -0.3 is 4.90 Å². The third kappa shape index (κ3) is 3.02. The normalized spacial score (nSPS) is 30.2. The molecule has 28 heavy (non-hydrogen) atoms. The third-order valence-corrected chi connectivity index (χ3v) is 7.92. The summed E-state index contributed by atoms with van der Waals surface area (Å²) in [5.41, 5.74) is -0.593. The van der Waals surface area contributed by atoms with Crippen LogP contribution in [0.5, 0.6) is 0 Å². The summed E-state index contributed by atoms with van der Waals surface area (Å²) < 4.78 is 0. The molecule has 2 atom stereocenters. The lowest BCUT2D eigenvalue weighted by molar-refractivity contribution is -0.900. The minimum Gasteiger partial charge on any atom is -0.328 e. The van der Waals surface area contributed by atoms with E-state index in [1.165, 1.54) is 5.82 Å². The number of fused-ring (bicyclic) bond motifs is 2. The molecular weight excluding hydrogens is 352 g/mol. The molecule has 0 radical (unpaired) electrons. The molecule has 1 aromatic heterocycles. The van der Waals surface area contributed by atoms with E-state index >= 15 is 0 Å². The van der Waals surface area contributed by atoms with Gasteiger partial charge in [0.1, 0.15) is 26.2 Å². The van der Waals surface area contributed by atoms with Gasteiger partial charge in [0.25, 0.3) is 5.82 Å². The highest BCUT2D eigenvalue weighted by atomic mass is 16.2. The summed E-state index contributed by atoms with van der Waals surface area (Å²) in [5.74, 6) is 1.32. The average Bonchev–Trinajstić information content (AvgIpc) is 2.89. The van der Waals surface area contributed by atoms with Crippen molar-refractivity contribution in [2.45, 2.75) is 40.0 Å². The van der Waals surface area contributed by atoms with Crippen LogP contribution in [-0.4, -0.2) is 56.0 Å². The van der Waals surface area contributed by atoms with Gasteiger partial charge in [-0.2, -0.15) is 0 Å². The highest BCUT2D eigenvalue weighted by molar-refractivity contribution is 6.03.